The molecule has 1 unspecified atom stereocenters. The number of aliphatic hydroxyl groups excluding tert-OH is 2. The van der Waals surface area contributed by atoms with E-state index in [1.807, 2.05) is 0 Å². The first kappa shape index (κ1) is 20.1. The third kappa shape index (κ3) is 11.5. The minimum absolute atomic E-state index is 0.107. The van der Waals surface area contributed by atoms with Crippen molar-refractivity contribution in [2.45, 2.75) is 77.7 Å². The molecule has 0 amide bonds. The highest BCUT2D eigenvalue weighted by molar-refractivity contribution is 5.87. The largest absolute Gasteiger partial charge is 0.457 e. The van der Waals surface area contributed by atoms with Crippen LogP contribution in [0.25, 0.3) is 0 Å². The van der Waals surface area contributed by atoms with E-state index in [0.717, 1.165) is 32.1 Å². The van der Waals surface area contributed by atoms with Gasteiger partial charge in [0.15, 0.2) is 0 Å². The van der Waals surface area contributed by atoms with Crippen molar-refractivity contribution in [3.63, 3.8) is 0 Å². The number of esters is 1. The first-order valence-corrected chi connectivity index (χ1v) is 8.21. The van der Waals surface area contributed by atoms with Crippen molar-refractivity contribution in [3.8, 4) is 0 Å². The van der Waals surface area contributed by atoms with E-state index in [1.165, 1.54) is 25.7 Å². The Balaban J connectivity index is 3.58. The Morgan fingerprint density at radius 2 is 1.52 bits per heavy atom. The number of aliphatic hydroxyl groups is 2. The lowest BCUT2D eigenvalue weighted by molar-refractivity contribution is -0.146. The lowest BCUT2D eigenvalue weighted by Crippen LogP contribution is -2.22. The molecule has 0 aromatic heterocycles. The Morgan fingerprint density at radius 3 is 2.00 bits per heavy atom. The van der Waals surface area contributed by atoms with Crippen LogP contribution < -0.4 is 0 Å². The molecule has 0 rings (SSSR count). The molecule has 0 aromatic carbocycles. The van der Waals surface area contributed by atoms with E-state index in [1.54, 1.807) is 19.9 Å². The molecule has 4 nitrogen and oxygen atoms in total. The van der Waals surface area contributed by atoms with E-state index in [4.69, 9.17) is 9.84 Å². The molecule has 0 aliphatic heterocycles. The van der Waals surface area contributed by atoms with Gasteiger partial charge >= 0.3 is 5.97 Å². The molecule has 0 aliphatic carbocycles. The van der Waals surface area contributed by atoms with Crippen molar-refractivity contribution >= 4 is 5.97 Å². The van der Waals surface area contributed by atoms with Crippen LogP contribution in [0.5, 0.6) is 0 Å². The van der Waals surface area contributed by atoms with Gasteiger partial charge in [-0.2, -0.15) is 0 Å². The molecule has 21 heavy (non-hydrogen) atoms. The highest BCUT2D eigenvalue weighted by Crippen LogP contribution is 2.12. The van der Waals surface area contributed by atoms with Gasteiger partial charge in [-0.3, -0.25) is 0 Å². The summed E-state index contributed by atoms with van der Waals surface area (Å²) < 4.78 is 5.24. The predicted molar refractivity (Wildman–Crippen MR) is 85.0 cm³/mol. The summed E-state index contributed by atoms with van der Waals surface area (Å²) in [5, 5.41) is 17.9. The minimum Gasteiger partial charge on any atom is -0.457 e. The molecule has 0 radical (unpaired) electrons. The maximum absolute atomic E-state index is 11.6. The third-order valence-electron chi connectivity index (χ3n) is 3.67. The summed E-state index contributed by atoms with van der Waals surface area (Å²) in [4.78, 5) is 11.6. The fourth-order valence-corrected chi connectivity index (χ4v) is 2.09. The number of allylic oxidation sites excluding steroid dienone is 1. The summed E-state index contributed by atoms with van der Waals surface area (Å²) in [5.74, 6) is -0.333. The summed E-state index contributed by atoms with van der Waals surface area (Å²) in [5.41, 5.74) is 0.580. The zero-order chi connectivity index (χ0) is 15.9. The van der Waals surface area contributed by atoms with Gasteiger partial charge in [0, 0.05) is 12.2 Å². The van der Waals surface area contributed by atoms with E-state index >= 15 is 0 Å². The zero-order valence-corrected chi connectivity index (χ0v) is 13.6. The average Bonchev–Trinajstić information content (AvgIpc) is 2.50. The molecule has 4 heteroatoms. The molecular formula is C17H32O4. The Hall–Kier alpha value is -0.870. The van der Waals surface area contributed by atoms with Gasteiger partial charge in [0.1, 0.15) is 6.10 Å². The van der Waals surface area contributed by atoms with Crippen LogP contribution in [0.1, 0.15) is 71.6 Å². The van der Waals surface area contributed by atoms with Crippen molar-refractivity contribution in [1.29, 1.82) is 0 Å². The van der Waals surface area contributed by atoms with Crippen molar-refractivity contribution in [2.24, 2.45) is 0 Å². The van der Waals surface area contributed by atoms with Crippen molar-refractivity contribution in [2.75, 3.05) is 13.2 Å². The number of hydrogen-bond acceptors (Lipinski definition) is 4. The van der Waals surface area contributed by atoms with Crippen LogP contribution >= 0.6 is 0 Å². The maximum atomic E-state index is 11.6. The fraction of sp³-hybridized carbons (Fsp3) is 0.824. The molecule has 0 saturated carbocycles. The van der Waals surface area contributed by atoms with Crippen molar-refractivity contribution in [3.05, 3.63) is 11.6 Å². The maximum Gasteiger partial charge on any atom is 0.333 e. The fourth-order valence-electron chi connectivity index (χ4n) is 2.09. The summed E-state index contributed by atoms with van der Waals surface area (Å²) in [6.45, 7) is 3.70. The van der Waals surface area contributed by atoms with Gasteiger partial charge in [-0.05, 0) is 33.1 Å². The highest BCUT2D eigenvalue weighted by Gasteiger charge is 2.13. The second-order valence-corrected chi connectivity index (χ2v) is 5.52. The molecule has 0 bridgehead atoms. The van der Waals surface area contributed by atoms with E-state index < -0.39 is 0 Å². The summed E-state index contributed by atoms with van der Waals surface area (Å²) in [6.07, 6.45) is 11.0. The Kier molecular flexibility index (Phi) is 13.5. The van der Waals surface area contributed by atoms with E-state index in [-0.39, 0.29) is 18.7 Å². The van der Waals surface area contributed by atoms with Crippen molar-refractivity contribution < 1.29 is 19.7 Å². The van der Waals surface area contributed by atoms with Crippen LogP contribution in [-0.2, 0) is 9.53 Å². The third-order valence-corrected chi connectivity index (χ3v) is 3.67. The molecule has 2 N–H and O–H groups in total. The lowest BCUT2D eigenvalue weighted by Gasteiger charge is -2.15. The predicted octanol–water partition coefficient (Wildman–Crippen LogP) is 3.36. The molecule has 0 aromatic rings. The van der Waals surface area contributed by atoms with E-state index in [2.05, 4.69) is 0 Å². The number of carbonyl (C=O) groups excluding carboxylic acids is 1. The Morgan fingerprint density at radius 1 is 1.00 bits per heavy atom. The summed E-state index contributed by atoms with van der Waals surface area (Å²) >= 11 is 0. The number of ether oxygens (including phenoxy) is 1. The van der Waals surface area contributed by atoms with Gasteiger partial charge in [0.2, 0.25) is 0 Å². The Bertz CT molecular complexity index is 287. The first-order valence-electron chi connectivity index (χ1n) is 8.21. The average molecular weight is 300 g/mol. The molecule has 124 valence electrons. The topological polar surface area (TPSA) is 66.8 Å². The molecule has 1 atom stereocenters. The molecule has 0 aliphatic rings. The normalized spacial score (nSPS) is 13.2. The van der Waals surface area contributed by atoms with E-state index in [9.17, 15) is 9.90 Å². The molecule has 0 heterocycles. The first-order chi connectivity index (χ1) is 10.2. The standard InChI is InChI=1S/C17H32O4/c1-3-15(2)17(20)21-16(14-19)12-10-8-6-4-5-7-9-11-13-18/h3,16,18-19H,4-14H2,1-2H3. The monoisotopic (exact) mass is 300 g/mol. The second-order valence-electron chi connectivity index (χ2n) is 5.52. The molecule has 0 spiro atoms. The SMILES string of the molecule is CC=C(C)C(=O)OC(CO)CCCCCCCCCCO. The van der Waals surface area contributed by atoms with Crippen LogP contribution in [0.15, 0.2) is 11.6 Å². The molecule has 0 fully saturated rings. The van der Waals surface area contributed by atoms with Crippen LogP contribution in [-0.4, -0.2) is 35.5 Å². The van der Waals surface area contributed by atoms with Gasteiger partial charge in [-0.1, -0.05) is 44.6 Å². The van der Waals surface area contributed by atoms with E-state index in [0.29, 0.717) is 12.2 Å². The second kappa shape index (κ2) is 14.1. The van der Waals surface area contributed by atoms with Gasteiger partial charge in [-0.15, -0.1) is 0 Å². The van der Waals surface area contributed by atoms with Crippen LogP contribution in [0.3, 0.4) is 0 Å². The van der Waals surface area contributed by atoms with Gasteiger partial charge in [-0.25, -0.2) is 4.79 Å². The van der Waals surface area contributed by atoms with Crippen LogP contribution in [0.2, 0.25) is 0 Å². The number of hydrogen-bond donors (Lipinski definition) is 2. The number of carbonyl (C=O) groups is 1. The van der Waals surface area contributed by atoms with Gasteiger partial charge in [0.05, 0.1) is 6.61 Å². The zero-order valence-electron chi connectivity index (χ0n) is 13.6. The summed E-state index contributed by atoms with van der Waals surface area (Å²) in [6, 6.07) is 0. The summed E-state index contributed by atoms with van der Waals surface area (Å²) in [7, 11) is 0. The van der Waals surface area contributed by atoms with Gasteiger partial charge in [0.25, 0.3) is 0 Å². The quantitative estimate of drug-likeness (QED) is 0.311. The molecular weight excluding hydrogens is 268 g/mol. The van der Waals surface area contributed by atoms with Crippen molar-refractivity contribution in [1.82, 2.24) is 0 Å². The van der Waals surface area contributed by atoms with Crippen LogP contribution in [0.4, 0.5) is 0 Å². The Labute approximate surface area is 129 Å². The molecule has 0 saturated heterocycles. The lowest BCUT2D eigenvalue weighted by atomic mass is 10.1. The minimum atomic E-state index is -0.378. The smallest absolute Gasteiger partial charge is 0.333 e. The highest BCUT2D eigenvalue weighted by atomic mass is 16.6. The van der Waals surface area contributed by atoms with Gasteiger partial charge < -0.3 is 14.9 Å². The number of rotatable bonds is 13. The van der Waals surface area contributed by atoms with Crippen LogP contribution in [0, 0.1) is 0 Å². The number of unbranched alkanes of at least 4 members (excludes halogenated alkanes) is 7.